The number of anilines is 1. The van der Waals surface area contributed by atoms with Gasteiger partial charge in [0.05, 0.1) is 37.5 Å². The molecule has 242 valence electrons. The Labute approximate surface area is 263 Å². The van der Waals surface area contributed by atoms with Crippen LogP contribution < -0.4 is 23.8 Å². The number of pyridine rings is 1. The first-order valence-electron chi connectivity index (χ1n) is 14.3. The largest absolute Gasteiger partial charge is 0.573 e. The molecule has 0 radical (unpaired) electrons. The predicted molar refractivity (Wildman–Crippen MR) is 163 cm³/mol. The van der Waals surface area contributed by atoms with Crippen LogP contribution >= 0.6 is 0 Å². The van der Waals surface area contributed by atoms with Gasteiger partial charge in [-0.05, 0) is 56.2 Å². The van der Waals surface area contributed by atoms with Crippen molar-refractivity contribution in [3.8, 4) is 17.2 Å². The summed E-state index contributed by atoms with van der Waals surface area (Å²) < 4.78 is 81.6. The van der Waals surface area contributed by atoms with Gasteiger partial charge in [-0.2, -0.15) is 0 Å². The molecule has 1 aliphatic rings. The summed E-state index contributed by atoms with van der Waals surface area (Å²) in [6.45, 7) is 6.24. The summed E-state index contributed by atoms with van der Waals surface area (Å²) in [5.74, 6) is -1.61. The summed E-state index contributed by atoms with van der Waals surface area (Å²) in [5, 5.41) is 0.650. The van der Waals surface area contributed by atoms with Gasteiger partial charge in [-0.3, -0.25) is 19.3 Å². The van der Waals surface area contributed by atoms with E-state index in [-0.39, 0.29) is 18.0 Å². The second kappa shape index (κ2) is 12.9. The number of carbonyl (C=O) groups excluding carboxylic acids is 2. The lowest BCUT2D eigenvalue weighted by molar-refractivity contribution is -0.274. The second-order valence-corrected chi connectivity index (χ2v) is 12.1. The van der Waals surface area contributed by atoms with Gasteiger partial charge in [0.2, 0.25) is 15.9 Å². The molecule has 46 heavy (non-hydrogen) atoms. The topological polar surface area (TPSA) is 124 Å². The fraction of sp³-hybridized carbons (Fsp3) is 0.281. The molecular formula is C32H30F3N3O7S. The van der Waals surface area contributed by atoms with E-state index in [0.717, 1.165) is 6.07 Å². The lowest BCUT2D eigenvalue weighted by Crippen LogP contribution is -2.33. The Morgan fingerprint density at radius 3 is 2.43 bits per heavy atom. The molecule has 0 saturated heterocycles. The van der Waals surface area contributed by atoms with Gasteiger partial charge in [-0.1, -0.05) is 30.3 Å². The average Bonchev–Trinajstić information content (AvgIpc) is 3.31. The van der Waals surface area contributed by atoms with E-state index in [9.17, 15) is 31.2 Å². The molecule has 2 amide bonds. The fourth-order valence-electron chi connectivity index (χ4n) is 5.45. The normalized spacial score (nSPS) is 13.1. The molecule has 14 heteroatoms. The number of nitrogens with zero attached hydrogens (tertiary/aromatic N) is 2. The van der Waals surface area contributed by atoms with Crippen molar-refractivity contribution in [3.05, 3.63) is 88.6 Å². The number of alkyl halides is 3. The van der Waals surface area contributed by atoms with Crippen LogP contribution in [-0.2, 0) is 33.5 Å². The van der Waals surface area contributed by atoms with Gasteiger partial charge >= 0.3 is 6.36 Å². The number of sulfonamides is 1. The zero-order valence-corrected chi connectivity index (χ0v) is 25.9. The summed E-state index contributed by atoms with van der Waals surface area (Å²) in [4.78, 5) is 32.5. The first-order chi connectivity index (χ1) is 21.8. The number of nitrogens with one attached hydrogen (secondary N) is 1. The maximum absolute atomic E-state index is 13.9. The summed E-state index contributed by atoms with van der Waals surface area (Å²) in [6, 6.07) is 13.3. The molecule has 1 aromatic heterocycles. The van der Waals surface area contributed by atoms with Crippen LogP contribution in [0.3, 0.4) is 0 Å². The molecule has 0 unspecified atom stereocenters. The van der Waals surface area contributed by atoms with Gasteiger partial charge in [0.1, 0.15) is 17.0 Å². The van der Waals surface area contributed by atoms with Crippen molar-refractivity contribution >= 4 is 38.4 Å². The van der Waals surface area contributed by atoms with Crippen LogP contribution in [0.25, 0.3) is 10.9 Å². The Morgan fingerprint density at radius 2 is 1.74 bits per heavy atom. The minimum Gasteiger partial charge on any atom is -0.492 e. The van der Waals surface area contributed by atoms with Crippen LogP contribution in [0, 0.1) is 6.92 Å². The Kier molecular flexibility index (Phi) is 9.10. The van der Waals surface area contributed by atoms with E-state index < -0.39 is 40.2 Å². The lowest BCUT2D eigenvalue weighted by atomic mass is 10.0. The Balaban J connectivity index is 1.36. The smallest absolute Gasteiger partial charge is 0.492 e. The highest BCUT2D eigenvalue weighted by Crippen LogP contribution is 2.45. The van der Waals surface area contributed by atoms with Gasteiger partial charge in [0.25, 0.3) is 5.91 Å². The summed E-state index contributed by atoms with van der Waals surface area (Å²) in [7, 11) is -4.23. The zero-order valence-electron chi connectivity index (χ0n) is 25.1. The molecule has 0 fully saturated rings. The lowest BCUT2D eigenvalue weighted by Gasteiger charge is -2.19. The molecule has 0 saturated carbocycles. The highest BCUT2D eigenvalue weighted by atomic mass is 32.2. The van der Waals surface area contributed by atoms with Crippen LogP contribution in [0.15, 0.2) is 60.8 Å². The number of ether oxygens (including phenoxy) is 3. The number of benzene rings is 3. The van der Waals surface area contributed by atoms with Crippen molar-refractivity contribution in [2.45, 2.75) is 45.9 Å². The highest BCUT2D eigenvalue weighted by Gasteiger charge is 2.38. The van der Waals surface area contributed by atoms with Gasteiger partial charge in [-0.15, -0.1) is 13.2 Å². The SMILES string of the molecule is CCOc1c2c(c(OCC)c3ncccc13)CN(c1ccc(CS(=O)(=O)NC(=O)Cc3ccccc3OC(F)(F)F)cc1C)C2=O. The Hall–Kier alpha value is -4.85. The quantitative estimate of drug-likeness (QED) is 0.222. The van der Waals surface area contributed by atoms with E-state index in [1.165, 1.54) is 24.3 Å². The van der Waals surface area contributed by atoms with Crippen molar-refractivity contribution in [3.63, 3.8) is 0 Å². The number of amides is 2. The number of hydrogen-bond acceptors (Lipinski definition) is 8. The predicted octanol–water partition coefficient (Wildman–Crippen LogP) is 5.59. The zero-order chi connectivity index (χ0) is 33.2. The summed E-state index contributed by atoms with van der Waals surface area (Å²) in [5.41, 5.74) is 2.92. The van der Waals surface area contributed by atoms with Crippen LogP contribution in [-0.4, -0.2) is 44.8 Å². The third-order valence-electron chi connectivity index (χ3n) is 7.15. The molecule has 4 aromatic rings. The van der Waals surface area contributed by atoms with Crippen molar-refractivity contribution in [2.24, 2.45) is 0 Å². The summed E-state index contributed by atoms with van der Waals surface area (Å²) in [6.07, 6.45) is -3.99. The number of para-hydroxylation sites is 1. The van der Waals surface area contributed by atoms with E-state index in [2.05, 4.69) is 9.72 Å². The second-order valence-electron chi connectivity index (χ2n) is 10.4. The molecule has 3 aromatic carbocycles. The van der Waals surface area contributed by atoms with E-state index in [1.807, 2.05) is 24.6 Å². The Morgan fingerprint density at radius 1 is 1.02 bits per heavy atom. The van der Waals surface area contributed by atoms with E-state index in [1.54, 1.807) is 36.2 Å². The van der Waals surface area contributed by atoms with Crippen molar-refractivity contribution in [1.82, 2.24) is 9.71 Å². The van der Waals surface area contributed by atoms with Crippen LogP contribution in [0.4, 0.5) is 18.9 Å². The molecule has 2 heterocycles. The first-order valence-corrected chi connectivity index (χ1v) is 15.9. The number of hydrogen-bond donors (Lipinski definition) is 1. The highest BCUT2D eigenvalue weighted by molar-refractivity contribution is 7.89. The monoisotopic (exact) mass is 657 g/mol. The maximum atomic E-state index is 13.9. The number of carbonyl (C=O) groups is 2. The molecule has 0 atom stereocenters. The molecular weight excluding hydrogens is 627 g/mol. The Bertz CT molecular complexity index is 1930. The molecule has 1 aliphatic heterocycles. The van der Waals surface area contributed by atoms with E-state index in [0.29, 0.717) is 63.6 Å². The molecule has 0 bridgehead atoms. The van der Waals surface area contributed by atoms with E-state index >= 15 is 0 Å². The van der Waals surface area contributed by atoms with Crippen molar-refractivity contribution in [1.29, 1.82) is 0 Å². The standard InChI is InChI=1S/C32H30F3N3O7S/c1-4-43-29-22-10-8-14-36-28(22)30(44-5-2)23-17-38(31(40)27(23)29)24-13-12-20(15-19(24)3)18-46(41,42)37-26(39)16-21-9-6-7-11-25(21)45-32(33,34)35/h6-15H,4-5,16-18H2,1-3H3,(H,37,39). The average molecular weight is 658 g/mol. The van der Waals surface area contributed by atoms with Crippen LogP contribution in [0.2, 0.25) is 0 Å². The number of halogens is 3. The van der Waals surface area contributed by atoms with Gasteiger partial charge < -0.3 is 19.1 Å². The minimum absolute atomic E-state index is 0.132. The third-order valence-corrected chi connectivity index (χ3v) is 8.40. The number of aromatic nitrogens is 1. The number of aryl methyl sites for hydroxylation is 1. The maximum Gasteiger partial charge on any atom is 0.573 e. The number of fused-ring (bicyclic) bond motifs is 2. The van der Waals surface area contributed by atoms with Gasteiger partial charge in [0, 0.05) is 28.4 Å². The minimum atomic E-state index is -4.98. The van der Waals surface area contributed by atoms with Gasteiger partial charge in [-0.25, -0.2) is 8.42 Å². The van der Waals surface area contributed by atoms with Gasteiger partial charge in [0.15, 0.2) is 5.75 Å². The van der Waals surface area contributed by atoms with Crippen LogP contribution in [0.5, 0.6) is 17.2 Å². The van der Waals surface area contributed by atoms with Crippen molar-refractivity contribution in [2.75, 3.05) is 18.1 Å². The van der Waals surface area contributed by atoms with E-state index in [4.69, 9.17) is 9.47 Å². The molecule has 0 aliphatic carbocycles. The summed E-state index contributed by atoms with van der Waals surface area (Å²) >= 11 is 0. The fourth-order valence-corrected chi connectivity index (χ4v) is 6.56. The molecule has 10 nitrogen and oxygen atoms in total. The third kappa shape index (κ3) is 6.86. The molecule has 0 spiro atoms. The van der Waals surface area contributed by atoms with Crippen molar-refractivity contribution < 1.29 is 45.4 Å². The number of rotatable bonds is 11. The molecule has 1 N–H and O–H groups in total. The molecule has 5 rings (SSSR count). The first kappa shape index (κ1) is 32.5. The van der Waals surface area contributed by atoms with Crippen LogP contribution in [0.1, 0.15) is 46.5 Å².